The van der Waals surface area contributed by atoms with Crippen molar-refractivity contribution in [2.75, 3.05) is 50.7 Å². The smallest absolute Gasteiger partial charge is 0.272 e. The highest BCUT2D eigenvalue weighted by atomic mass is 16.2. The first-order chi connectivity index (χ1) is 14.2. The molecule has 0 bridgehead atoms. The van der Waals surface area contributed by atoms with E-state index in [0.717, 1.165) is 51.3 Å². The number of hydrogen-bond acceptors (Lipinski definition) is 5. The van der Waals surface area contributed by atoms with E-state index in [1.54, 1.807) is 6.20 Å². The van der Waals surface area contributed by atoms with Gasteiger partial charge in [0.2, 0.25) is 5.91 Å². The molecule has 4 rings (SSSR count). The Labute approximate surface area is 173 Å². The molecule has 2 amide bonds. The van der Waals surface area contributed by atoms with E-state index >= 15 is 0 Å². The van der Waals surface area contributed by atoms with Crippen LogP contribution in [0.3, 0.4) is 0 Å². The zero-order chi connectivity index (χ0) is 20.1. The second kappa shape index (κ2) is 9.57. The number of nitrogens with one attached hydrogen (secondary N) is 1. The highest BCUT2D eigenvalue weighted by Crippen LogP contribution is 2.27. The lowest BCUT2D eigenvalue weighted by atomic mass is 9.91. The number of anilines is 1. The first kappa shape index (κ1) is 20.1. The number of piperazine rings is 1. The molecule has 0 aromatic carbocycles. The van der Waals surface area contributed by atoms with Crippen LogP contribution in [0, 0.1) is 0 Å². The molecule has 29 heavy (non-hydrogen) atoms. The van der Waals surface area contributed by atoms with Gasteiger partial charge in [0.05, 0.1) is 6.54 Å². The van der Waals surface area contributed by atoms with Gasteiger partial charge in [-0.25, -0.2) is 0 Å². The normalized spacial score (nSPS) is 21.2. The van der Waals surface area contributed by atoms with Crippen LogP contribution >= 0.6 is 0 Å². The molecule has 0 atom stereocenters. The standard InChI is InChI=1S/C22H33N5O2/c28-21-17-26(13-10-24-21)19-8-9-23-20(16-19)22(29)27(18-6-5-7-18)15-14-25-11-3-1-2-4-12-25/h8-9,16,18H,1-7,10-15,17H2,(H,24,28). The zero-order valence-corrected chi connectivity index (χ0v) is 17.3. The maximum absolute atomic E-state index is 13.4. The van der Waals surface area contributed by atoms with Gasteiger partial charge in [0.1, 0.15) is 5.69 Å². The fraction of sp³-hybridized carbons (Fsp3) is 0.682. The van der Waals surface area contributed by atoms with Gasteiger partial charge in [0.25, 0.3) is 5.91 Å². The molecule has 3 fully saturated rings. The summed E-state index contributed by atoms with van der Waals surface area (Å²) in [4.78, 5) is 36.1. The highest BCUT2D eigenvalue weighted by Gasteiger charge is 2.30. The van der Waals surface area contributed by atoms with E-state index in [9.17, 15) is 9.59 Å². The van der Waals surface area contributed by atoms with Crippen molar-refractivity contribution in [1.82, 2.24) is 20.1 Å². The molecular weight excluding hydrogens is 366 g/mol. The third-order valence-electron chi connectivity index (χ3n) is 6.50. The van der Waals surface area contributed by atoms with Crippen LogP contribution in [0.15, 0.2) is 18.3 Å². The molecule has 1 aromatic heterocycles. The summed E-state index contributed by atoms with van der Waals surface area (Å²) >= 11 is 0. The summed E-state index contributed by atoms with van der Waals surface area (Å²) in [6, 6.07) is 4.10. The lowest BCUT2D eigenvalue weighted by molar-refractivity contribution is -0.120. The largest absolute Gasteiger partial charge is 0.360 e. The van der Waals surface area contributed by atoms with Gasteiger partial charge in [-0.2, -0.15) is 0 Å². The Bertz CT molecular complexity index is 713. The quantitative estimate of drug-likeness (QED) is 0.791. The molecule has 0 unspecified atom stereocenters. The average Bonchev–Trinajstić information content (AvgIpc) is 2.98. The van der Waals surface area contributed by atoms with E-state index in [2.05, 4.69) is 20.1 Å². The van der Waals surface area contributed by atoms with Crippen molar-refractivity contribution in [2.45, 2.75) is 51.0 Å². The van der Waals surface area contributed by atoms with E-state index in [4.69, 9.17) is 0 Å². The predicted octanol–water partition coefficient (Wildman–Crippen LogP) is 1.89. The lowest BCUT2D eigenvalue weighted by Crippen LogP contribution is -2.48. The van der Waals surface area contributed by atoms with Gasteiger partial charge in [-0.3, -0.25) is 14.6 Å². The Morgan fingerprint density at radius 3 is 2.62 bits per heavy atom. The zero-order valence-electron chi connectivity index (χ0n) is 17.3. The minimum absolute atomic E-state index is 0.0227. The number of carbonyl (C=O) groups excluding carboxylic acids is 2. The number of aromatic nitrogens is 1. The van der Waals surface area contributed by atoms with Crippen molar-refractivity contribution in [1.29, 1.82) is 0 Å². The van der Waals surface area contributed by atoms with Crippen LogP contribution in [0.2, 0.25) is 0 Å². The van der Waals surface area contributed by atoms with Crippen molar-refractivity contribution in [2.24, 2.45) is 0 Å². The average molecular weight is 400 g/mol. The summed E-state index contributed by atoms with van der Waals surface area (Å²) in [7, 11) is 0. The van der Waals surface area contributed by atoms with Crippen LogP contribution in [0.5, 0.6) is 0 Å². The van der Waals surface area contributed by atoms with Gasteiger partial charge in [-0.15, -0.1) is 0 Å². The first-order valence-electron chi connectivity index (χ1n) is 11.2. The summed E-state index contributed by atoms with van der Waals surface area (Å²) in [5.74, 6) is 0.0577. The SMILES string of the molecule is O=C1CN(c2ccnc(C(=O)N(CCN3CCCCCC3)C3CCC3)c2)CCN1. The summed E-state index contributed by atoms with van der Waals surface area (Å²) in [5.41, 5.74) is 1.40. The van der Waals surface area contributed by atoms with Crippen LogP contribution < -0.4 is 10.2 Å². The van der Waals surface area contributed by atoms with Crippen molar-refractivity contribution >= 4 is 17.5 Å². The minimum atomic E-state index is 0.0227. The summed E-state index contributed by atoms with van der Waals surface area (Å²) in [6.07, 6.45) is 10.3. The van der Waals surface area contributed by atoms with Crippen LogP contribution in [-0.4, -0.2) is 78.5 Å². The molecule has 1 N–H and O–H groups in total. The van der Waals surface area contributed by atoms with E-state index in [1.165, 1.54) is 32.1 Å². The van der Waals surface area contributed by atoms with Crippen LogP contribution in [0.1, 0.15) is 55.4 Å². The number of rotatable bonds is 6. The molecule has 1 aromatic rings. The Kier molecular flexibility index (Phi) is 6.64. The molecule has 1 aliphatic carbocycles. The molecule has 3 heterocycles. The Morgan fingerprint density at radius 2 is 1.93 bits per heavy atom. The van der Waals surface area contributed by atoms with Crippen LogP contribution in [0.25, 0.3) is 0 Å². The molecule has 0 radical (unpaired) electrons. The Hall–Kier alpha value is -2.15. The number of nitrogens with zero attached hydrogens (tertiary/aromatic N) is 4. The molecule has 158 valence electrons. The number of pyridine rings is 1. The summed E-state index contributed by atoms with van der Waals surface area (Å²) < 4.78 is 0. The third-order valence-corrected chi connectivity index (χ3v) is 6.50. The van der Waals surface area contributed by atoms with Crippen LogP contribution in [0.4, 0.5) is 5.69 Å². The summed E-state index contributed by atoms with van der Waals surface area (Å²) in [5, 5.41) is 2.84. The number of carbonyl (C=O) groups is 2. The van der Waals surface area contributed by atoms with E-state index < -0.39 is 0 Å². The van der Waals surface area contributed by atoms with Gasteiger partial charge in [0, 0.05) is 44.1 Å². The molecule has 2 aliphatic heterocycles. The number of amides is 2. The maximum Gasteiger partial charge on any atom is 0.272 e. The van der Waals surface area contributed by atoms with Crippen LogP contribution in [-0.2, 0) is 4.79 Å². The molecular formula is C22H33N5O2. The number of hydrogen-bond donors (Lipinski definition) is 1. The second-order valence-corrected chi connectivity index (χ2v) is 8.51. The van der Waals surface area contributed by atoms with Crippen molar-refractivity contribution in [3.05, 3.63) is 24.0 Å². The Balaban J connectivity index is 1.44. The third kappa shape index (κ3) is 5.07. The van der Waals surface area contributed by atoms with E-state index in [-0.39, 0.29) is 11.8 Å². The Morgan fingerprint density at radius 1 is 1.14 bits per heavy atom. The summed E-state index contributed by atoms with van der Waals surface area (Å²) in [6.45, 7) is 5.75. The fourth-order valence-electron chi connectivity index (χ4n) is 4.50. The van der Waals surface area contributed by atoms with E-state index in [0.29, 0.717) is 24.8 Å². The molecule has 1 saturated carbocycles. The lowest BCUT2D eigenvalue weighted by Gasteiger charge is -2.38. The van der Waals surface area contributed by atoms with Gasteiger partial charge >= 0.3 is 0 Å². The highest BCUT2D eigenvalue weighted by molar-refractivity contribution is 5.93. The van der Waals surface area contributed by atoms with Gasteiger partial charge < -0.3 is 20.0 Å². The van der Waals surface area contributed by atoms with Gasteiger partial charge in [-0.05, 0) is 57.3 Å². The van der Waals surface area contributed by atoms with Gasteiger partial charge in [0.15, 0.2) is 0 Å². The molecule has 7 nitrogen and oxygen atoms in total. The molecule has 7 heteroatoms. The van der Waals surface area contributed by atoms with Gasteiger partial charge in [-0.1, -0.05) is 12.8 Å². The molecule has 2 saturated heterocycles. The minimum Gasteiger partial charge on any atom is -0.360 e. The monoisotopic (exact) mass is 399 g/mol. The predicted molar refractivity (Wildman–Crippen MR) is 113 cm³/mol. The van der Waals surface area contributed by atoms with Crippen molar-refractivity contribution < 1.29 is 9.59 Å². The molecule has 3 aliphatic rings. The van der Waals surface area contributed by atoms with Crippen molar-refractivity contribution in [3.8, 4) is 0 Å². The van der Waals surface area contributed by atoms with Crippen molar-refractivity contribution in [3.63, 3.8) is 0 Å². The number of likely N-dealkylation sites (tertiary alicyclic amines) is 1. The second-order valence-electron chi connectivity index (χ2n) is 8.51. The first-order valence-corrected chi connectivity index (χ1v) is 11.2. The van der Waals surface area contributed by atoms with E-state index in [1.807, 2.05) is 17.0 Å². The fourth-order valence-corrected chi connectivity index (χ4v) is 4.50. The maximum atomic E-state index is 13.4. The molecule has 0 spiro atoms. The topological polar surface area (TPSA) is 68.8 Å².